The monoisotopic (exact) mass is 365 g/mol. The van der Waals surface area contributed by atoms with Crippen LogP contribution in [0, 0.1) is 5.82 Å². The van der Waals surface area contributed by atoms with Gasteiger partial charge in [-0.1, -0.05) is 6.07 Å². The van der Waals surface area contributed by atoms with Gasteiger partial charge in [0, 0.05) is 5.69 Å². The van der Waals surface area contributed by atoms with Crippen LogP contribution >= 0.6 is 0 Å². The average Bonchev–Trinajstić information content (AvgIpc) is 3.29. The lowest BCUT2D eigenvalue weighted by Gasteiger charge is -2.10. The fraction of sp³-hybridized carbons (Fsp3) is 0.100. The van der Waals surface area contributed by atoms with Gasteiger partial charge >= 0.3 is 5.97 Å². The standard InChI is InChI=1S/C20H16FN3O3/c1-26-19(25)13-7-8-18-17(10-13)23-20(22-15-5-2-4-14(21)11-15)24(18)12-16-6-3-9-27-16/h2-11H,12H2,1H3,(H,22,23). The molecule has 0 saturated heterocycles. The molecule has 2 heterocycles. The van der Waals surface area contributed by atoms with E-state index in [0.29, 0.717) is 29.3 Å². The third kappa shape index (κ3) is 3.39. The van der Waals surface area contributed by atoms with Gasteiger partial charge in [0.05, 0.1) is 36.5 Å². The molecular weight excluding hydrogens is 349 g/mol. The number of carbonyl (C=O) groups excluding carboxylic acids is 1. The average molecular weight is 365 g/mol. The number of nitrogens with one attached hydrogen (secondary N) is 1. The van der Waals surface area contributed by atoms with E-state index in [4.69, 9.17) is 9.15 Å². The van der Waals surface area contributed by atoms with E-state index in [1.807, 2.05) is 16.7 Å². The first-order chi connectivity index (χ1) is 13.1. The molecule has 1 N–H and O–H groups in total. The molecule has 6 nitrogen and oxygen atoms in total. The minimum atomic E-state index is -0.433. The molecule has 0 saturated carbocycles. The summed E-state index contributed by atoms with van der Waals surface area (Å²) in [6, 6.07) is 14.9. The Balaban J connectivity index is 1.80. The van der Waals surface area contributed by atoms with Crippen molar-refractivity contribution < 1.29 is 18.3 Å². The number of halogens is 1. The Morgan fingerprint density at radius 1 is 1.22 bits per heavy atom. The molecular formula is C20H16FN3O3. The summed E-state index contributed by atoms with van der Waals surface area (Å²) >= 11 is 0. The van der Waals surface area contributed by atoms with Gasteiger partial charge in [0.15, 0.2) is 0 Å². The van der Waals surface area contributed by atoms with Crippen molar-refractivity contribution in [1.29, 1.82) is 0 Å². The van der Waals surface area contributed by atoms with Crippen LogP contribution in [0.1, 0.15) is 16.1 Å². The number of esters is 1. The third-order valence-corrected chi connectivity index (χ3v) is 4.14. The molecule has 2 aromatic carbocycles. The van der Waals surface area contributed by atoms with Crippen molar-refractivity contribution in [2.75, 3.05) is 12.4 Å². The number of imidazole rings is 1. The van der Waals surface area contributed by atoms with Crippen molar-refractivity contribution in [3.63, 3.8) is 0 Å². The Morgan fingerprint density at radius 3 is 2.85 bits per heavy atom. The Morgan fingerprint density at radius 2 is 2.11 bits per heavy atom. The quantitative estimate of drug-likeness (QED) is 0.533. The molecule has 2 aromatic heterocycles. The maximum Gasteiger partial charge on any atom is 0.337 e. The van der Waals surface area contributed by atoms with E-state index in [2.05, 4.69) is 10.3 Å². The number of aromatic nitrogens is 2. The highest BCUT2D eigenvalue weighted by molar-refractivity contribution is 5.94. The first-order valence-electron chi connectivity index (χ1n) is 8.27. The number of methoxy groups -OCH3 is 1. The summed E-state index contributed by atoms with van der Waals surface area (Å²) in [5, 5.41) is 3.13. The molecule has 4 rings (SSSR count). The van der Waals surface area contributed by atoms with Gasteiger partial charge in [-0.05, 0) is 48.5 Å². The second kappa shape index (κ2) is 6.95. The van der Waals surface area contributed by atoms with E-state index < -0.39 is 5.97 Å². The molecule has 0 spiro atoms. The summed E-state index contributed by atoms with van der Waals surface area (Å²) in [6.07, 6.45) is 1.60. The van der Waals surface area contributed by atoms with Crippen molar-refractivity contribution in [2.45, 2.75) is 6.54 Å². The maximum atomic E-state index is 13.5. The largest absolute Gasteiger partial charge is 0.467 e. The smallest absolute Gasteiger partial charge is 0.337 e. The number of rotatable bonds is 5. The highest BCUT2D eigenvalue weighted by Gasteiger charge is 2.15. The van der Waals surface area contributed by atoms with Crippen LogP contribution < -0.4 is 5.32 Å². The number of nitrogens with zero attached hydrogens (tertiary/aromatic N) is 2. The van der Waals surface area contributed by atoms with Crippen molar-refractivity contribution in [2.24, 2.45) is 0 Å². The summed E-state index contributed by atoms with van der Waals surface area (Å²) in [5.41, 5.74) is 2.39. The number of benzene rings is 2. The zero-order chi connectivity index (χ0) is 18.8. The summed E-state index contributed by atoms with van der Waals surface area (Å²) < 4.78 is 25.6. The molecule has 0 aliphatic carbocycles. The summed E-state index contributed by atoms with van der Waals surface area (Å²) in [4.78, 5) is 16.4. The van der Waals surface area contributed by atoms with Crippen LogP contribution in [0.25, 0.3) is 11.0 Å². The van der Waals surface area contributed by atoms with Crippen LogP contribution in [-0.4, -0.2) is 22.6 Å². The molecule has 4 aromatic rings. The van der Waals surface area contributed by atoms with E-state index in [0.717, 1.165) is 11.3 Å². The fourth-order valence-corrected chi connectivity index (χ4v) is 2.88. The summed E-state index contributed by atoms with van der Waals surface area (Å²) in [5.74, 6) is 0.474. The molecule has 0 aliphatic heterocycles. The molecule has 136 valence electrons. The second-order valence-corrected chi connectivity index (χ2v) is 5.93. The van der Waals surface area contributed by atoms with Crippen LogP contribution in [-0.2, 0) is 11.3 Å². The molecule has 0 amide bonds. The lowest BCUT2D eigenvalue weighted by Crippen LogP contribution is -2.05. The van der Waals surface area contributed by atoms with Crippen LogP contribution in [0.4, 0.5) is 16.0 Å². The minimum Gasteiger partial charge on any atom is -0.467 e. The first-order valence-corrected chi connectivity index (χ1v) is 8.27. The molecule has 0 aliphatic rings. The molecule has 0 bridgehead atoms. The zero-order valence-electron chi connectivity index (χ0n) is 14.5. The first kappa shape index (κ1) is 16.8. The third-order valence-electron chi connectivity index (χ3n) is 4.14. The number of hydrogen-bond donors (Lipinski definition) is 1. The number of anilines is 2. The lowest BCUT2D eigenvalue weighted by atomic mass is 10.2. The van der Waals surface area contributed by atoms with Gasteiger partial charge in [0.2, 0.25) is 5.95 Å². The van der Waals surface area contributed by atoms with Gasteiger partial charge in [-0.25, -0.2) is 14.2 Å². The molecule has 0 atom stereocenters. The van der Waals surface area contributed by atoms with Gasteiger partial charge in [-0.15, -0.1) is 0 Å². The SMILES string of the molecule is COC(=O)c1ccc2c(c1)nc(Nc1cccc(F)c1)n2Cc1ccco1. The van der Waals surface area contributed by atoms with Crippen LogP contribution in [0.2, 0.25) is 0 Å². The molecule has 0 fully saturated rings. The van der Waals surface area contributed by atoms with Crippen molar-refractivity contribution in [3.8, 4) is 0 Å². The number of hydrogen-bond acceptors (Lipinski definition) is 5. The van der Waals surface area contributed by atoms with Crippen LogP contribution in [0.15, 0.2) is 65.3 Å². The number of fused-ring (bicyclic) bond motifs is 1. The number of carbonyl (C=O) groups is 1. The highest BCUT2D eigenvalue weighted by Crippen LogP contribution is 2.25. The van der Waals surface area contributed by atoms with E-state index in [-0.39, 0.29) is 5.82 Å². The topological polar surface area (TPSA) is 69.3 Å². The molecule has 7 heteroatoms. The minimum absolute atomic E-state index is 0.346. The van der Waals surface area contributed by atoms with E-state index in [1.54, 1.807) is 36.6 Å². The zero-order valence-corrected chi connectivity index (χ0v) is 14.5. The second-order valence-electron chi connectivity index (χ2n) is 5.93. The number of ether oxygens (including phenoxy) is 1. The van der Waals surface area contributed by atoms with Crippen molar-refractivity contribution in [1.82, 2.24) is 9.55 Å². The normalized spacial score (nSPS) is 10.9. The molecule has 0 unspecified atom stereocenters. The van der Waals surface area contributed by atoms with E-state index >= 15 is 0 Å². The molecule has 0 radical (unpaired) electrons. The molecule has 27 heavy (non-hydrogen) atoms. The van der Waals surface area contributed by atoms with Gasteiger partial charge in [0.1, 0.15) is 11.6 Å². The fourth-order valence-electron chi connectivity index (χ4n) is 2.88. The summed E-state index contributed by atoms with van der Waals surface area (Å²) in [6.45, 7) is 0.429. The van der Waals surface area contributed by atoms with Gasteiger partial charge in [0.25, 0.3) is 0 Å². The van der Waals surface area contributed by atoms with Crippen LogP contribution in [0.5, 0.6) is 0 Å². The van der Waals surface area contributed by atoms with Gasteiger partial charge in [-0.3, -0.25) is 0 Å². The predicted molar refractivity (Wildman–Crippen MR) is 98.6 cm³/mol. The van der Waals surface area contributed by atoms with E-state index in [9.17, 15) is 9.18 Å². The van der Waals surface area contributed by atoms with E-state index in [1.165, 1.54) is 19.2 Å². The number of furan rings is 1. The Kier molecular flexibility index (Phi) is 4.33. The van der Waals surface area contributed by atoms with Crippen molar-refractivity contribution in [3.05, 3.63) is 78.0 Å². The van der Waals surface area contributed by atoms with Gasteiger partial charge in [-0.2, -0.15) is 0 Å². The predicted octanol–water partition coefficient (Wildman–Crippen LogP) is 4.35. The Hall–Kier alpha value is -3.61. The highest BCUT2D eigenvalue weighted by atomic mass is 19.1. The van der Waals surface area contributed by atoms with Crippen LogP contribution in [0.3, 0.4) is 0 Å². The Labute approximate surface area is 154 Å². The Bertz CT molecular complexity index is 1100. The van der Waals surface area contributed by atoms with Crippen molar-refractivity contribution >= 4 is 28.6 Å². The maximum absolute atomic E-state index is 13.5. The van der Waals surface area contributed by atoms with Gasteiger partial charge < -0.3 is 19.0 Å². The summed E-state index contributed by atoms with van der Waals surface area (Å²) in [7, 11) is 1.33. The lowest BCUT2D eigenvalue weighted by molar-refractivity contribution is 0.0601.